The maximum absolute atomic E-state index is 5.36. The van der Waals surface area contributed by atoms with Crippen molar-refractivity contribution >= 4 is 5.95 Å². The van der Waals surface area contributed by atoms with Crippen LogP contribution in [0.15, 0.2) is 0 Å². The van der Waals surface area contributed by atoms with Crippen LogP contribution in [0.4, 0.5) is 5.95 Å². The van der Waals surface area contributed by atoms with Crippen LogP contribution in [0, 0.1) is 0 Å². The van der Waals surface area contributed by atoms with E-state index in [-0.39, 0.29) is 12.1 Å². The van der Waals surface area contributed by atoms with E-state index in [0.29, 0.717) is 0 Å². The third-order valence-corrected chi connectivity index (χ3v) is 1.75. The van der Waals surface area contributed by atoms with E-state index in [4.69, 9.17) is 10.5 Å². The molecular weight excluding hydrogens is 144 g/mol. The Kier molecular flexibility index (Phi) is 1.50. The smallest absolute Gasteiger partial charge is 0.239 e. The summed E-state index contributed by atoms with van der Waals surface area (Å²) in [7, 11) is 0. The first-order valence-corrected chi connectivity index (χ1v) is 3.65. The Morgan fingerprint density at radius 3 is 3.09 bits per heavy atom. The van der Waals surface area contributed by atoms with Gasteiger partial charge < -0.3 is 10.5 Å². The van der Waals surface area contributed by atoms with Crippen molar-refractivity contribution in [2.45, 2.75) is 18.9 Å². The van der Waals surface area contributed by atoms with Crippen LogP contribution < -0.4 is 5.73 Å². The van der Waals surface area contributed by atoms with Gasteiger partial charge in [-0.15, -0.1) is 5.10 Å². The van der Waals surface area contributed by atoms with Crippen molar-refractivity contribution < 1.29 is 4.74 Å². The minimum Gasteiger partial charge on any atom is -0.370 e. The van der Waals surface area contributed by atoms with Gasteiger partial charge in [0.15, 0.2) is 5.82 Å². The number of aromatic nitrogens is 3. The fraction of sp³-hybridized carbons (Fsp3) is 0.667. The van der Waals surface area contributed by atoms with E-state index >= 15 is 0 Å². The Balaban J connectivity index is 2.15. The van der Waals surface area contributed by atoms with Crippen LogP contribution >= 0.6 is 0 Å². The summed E-state index contributed by atoms with van der Waals surface area (Å²) in [4.78, 5) is 3.98. The molecule has 1 atom stereocenters. The van der Waals surface area contributed by atoms with Crippen LogP contribution in [0.1, 0.15) is 24.8 Å². The van der Waals surface area contributed by atoms with E-state index in [9.17, 15) is 0 Å². The molecule has 1 fully saturated rings. The van der Waals surface area contributed by atoms with E-state index in [2.05, 4.69) is 15.2 Å². The number of hydrogen-bond donors (Lipinski definition) is 2. The number of ether oxygens (including phenoxy) is 1. The van der Waals surface area contributed by atoms with Crippen molar-refractivity contribution in [2.24, 2.45) is 0 Å². The van der Waals surface area contributed by atoms with Gasteiger partial charge in [0.2, 0.25) is 5.95 Å². The molecule has 1 aliphatic heterocycles. The Morgan fingerprint density at radius 2 is 2.55 bits per heavy atom. The molecule has 5 nitrogen and oxygen atoms in total. The largest absolute Gasteiger partial charge is 0.370 e. The second-order valence-electron chi connectivity index (χ2n) is 2.58. The first-order chi connectivity index (χ1) is 5.36. The lowest BCUT2D eigenvalue weighted by Gasteiger charge is -2.02. The van der Waals surface area contributed by atoms with Gasteiger partial charge in [-0.3, -0.25) is 5.10 Å². The predicted octanol–water partition coefficient (Wildman–Crippen LogP) is 0.238. The van der Waals surface area contributed by atoms with Crippen LogP contribution in [0.2, 0.25) is 0 Å². The summed E-state index contributed by atoms with van der Waals surface area (Å²) in [6, 6.07) is 0. The maximum atomic E-state index is 5.36. The molecule has 2 rings (SSSR count). The van der Waals surface area contributed by atoms with Crippen LogP contribution in [0.25, 0.3) is 0 Å². The van der Waals surface area contributed by atoms with Crippen molar-refractivity contribution in [1.29, 1.82) is 0 Å². The summed E-state index contributed by atoms with van der Waals surface area (Å²) in [5, 5.41) is 6.46. The molecule has 0 radical (unpaired) electrons. The zero-order valence-corrected chi connectivity index (χ0v) is 6.08. The second-order valence-corrected chi connectivity index (χ2v) is 2.58. The molecule has 0 spiro atoms. The van der Waals surface area contributed by atoms with Gasteiger partial charge in [-0.05, 0) is 12.8 Å². The summed E-state index contributed by atoms with van der Waals surface area (Å²) >= 11 is 0. The molecule has 0 saturated carbocycles. The van der Waals surface area contributed by atoms with E-state index in [1.165, 1.54) is 0 Å². The number of anilines is 1. The van der Waals surface area contributed by atoms with E-state index in [0.717, 1.165) is 25.3 Å². The highest BCUT2D eigenvalue weighted by molar-refractivity contribution is 5.13. The Labute approximate surface area is 64.0 Å². The molecular formula is C6H10N4O. The lowest BCUT2D eigenvalue weighted by Crippen LogP contribution is -1.98. The molecule has 0 unspecified atom stereocenters. The molecule has 2 heterocycles. The van der Waals surface area contributed by atoms with Crippen LogP contribution in [-0.2, 0) is 4.74 Å². The number of aromatic amines is 1. The molecule has 1 aromatic heterocycles. The minimum atomic E-state index is 0.0831. The second kappa shape index (κ2) is 2.50. The van der Waals surface area contributed by atoms with Crippen molar-refractivity contribution in [1.82, 2.24) is 15.2 Å². The summed E-state index contributed by atoms with van der Waals surface area (Å²) < 4.78 is 5.36. The number of hydrogen-bond acceptors (Lipinski definition) is 4. The van der Waals surface area contributed by atoms with E-state index < -0.39 is 0 Å². The molecule has 0 aromatic carbocycles. The average Bonchev–Trinajstić information content (AvgIpc) is 2.55. The highest BCUT2D eigenvalue weighted by Crippen LogP contribution is 2.25. The van der Waals surface area contributed by atoms with Crippen LogP contribution in [-0.4, -0.2) is 21.8 Å². The molecule has 5 heteroatoms. The van der Waals surface area contributed by atoms with Gasteiger partial charge in [0.05, 0.1) is 0 Å². The Morgan fingerprint density at radius 1 is 1.64 bits per heavy atom. The topological polar surface area (TPSA) is 76.8 Å². The summed E-state index contributed by atoms with van der Waals surface area (Å²) in [6.45, 7) is 0.811. The molecule has 1 aromatic rings. The van der Waals surface area contributed by atoms with Gasteiger partial charge in [0.1, 0.15) is 6.10 Å². The number of nitrogens with one attached hydrogen (secondary N) is 1. The number of nitrogens with two attached hydrogens (primary N) is 1. The Hall–Kier alpha value is -1.10. The Bertz CT molecular complexity index is 240. The average molecular weight is 154 g/mol. The van der Waals surface area contributed by atoms with Gasteiger partial charge >= 0.3 is 0 Å². The highest BCUT2D eigenvalue weighted by Gasteiger charge is 2.20. The van der Waals surface area contributed by atoms with Crippen molar-refractivity contribution in [3.8, 4) is 0 Å². The summed E-state index contributed by atoms with van der Waals surface area (Å²) in [5.41, 5.74) is 5.34. The minimum absolute atomic E-state index is 0.0831. The number of rotatable bonds is 1. The third-order valence-electron chi connectivity index (χ3n) is 1.75. The highest BCUT2D eigenvalue weighted by atomic mass is 16.5. The first kappa shape index (κ1) is 6.60. The van der Waals surface area contributed by atoms with Crippen molar-refractivity contribution in [2.75, 3.05) is 12.3 Å². The quantitative estimate of drug-likeness (QED) is 0.607. The van der Waals surface area contributed by atoms with Gasteiger partial charge in [-0.2, -0.15) is 4.98 Å². The molecule has 60 valence electrons. The SMILES string of the molecule is Nc1n[nH]c([C@H]2CCCO2)n1. The lowest BCUT2D eigenvalue weighted by molar-refractivity contribution is 0.105. The molecule has 1 saturated heterocycles. The summed E-state index contributed by atoms with van der Waals surface area (Å²) in [6.07, 6.45) is 2.18. The standard InChI is InChI=1S/C6H10N4O/c7-6-8-5(9-10-6)4-2-1-3-11-4/h4H,1-3H2,(H3,7,8,9,10)/t4-/m1/s1. The van der Waals surface area contributed by atoms with Gasteiger partial charge in [-0.1, -0.05) is 0 Å². The van der Waals surface area contributed by atoms with Crippen LogP contribution in [0.3, 0.4) is 0 Å². The van der Waals surface area contributed by atoms with Crippen LogP contribution in [0.5, 0.6) is 0 Å². The zero-order valence-electron chi connectivity index (χ0n) is 6.08. The zero-order chi connectivity index (χ0) is 7.68. The van der Waals surface area contributed by atoms with Gasteiger partial charge in [0, 0.05) is 6.61 Å². The molecule has 11 heavy (non-hydrogen) atoms. The molecule has 0 aliphatic carbocycles. The maximum Gasteiger partial charge on any atom is 0.239 e. The molecule has 3 N–H and O–H groups in total. The monoisotopic (exact) mass is 154 g/mol. The van der Waals surface area contributed by atoms with E-state index in [1.54, 1.807) is 0 Å². The fourth-order valence-electron chi connectivity index (χ4n) is 1.23. The van der Waals surface area contributed by atoms with Gasteiger partial charge in [-0.25, -0.2) is 0 Å². The van der Waals surface area contributed by atoms with E-state index in [1.807, 2.05) is 0 Å². The molecule has 1 aliphatic rings. The molecule has 0 bridgehead atoms. The van der Waals surface area contributed by atoms with Crippen molar-refractivity contribution in [3.63, 3.8) is 0 Å². The number of nitrogens with zero attached hydrogens (tertiary/aromatic N) is 2. The normalized spacial score (nSPS) is 24.2. The lowest BCUT2D eigenvalue weighted by atomic mass is 10.2. The van der Waals surface area contributed by atoms with Crippen molar-refractivity contribution in [3.05, 3.63) is 5.82 Å². The molecule has 0 amide bonds. The predicted molar refractivity (Wildman–Crippen MR) is 38.7 cm³/mol. The first-order valence-electron chi connectivity index (χ1n) is 3.65. The fourth-order valence-corrected chi connectivity index (χ4v) is 1.23. The number of H-pyrrole nitrogens is 1. The number of nitrogen functional groups attached to an aromatic ring is 1. The van der Waals surface area contributed by atoms with Gasteiger partial charge in [0.25, 0.3) is 0 Å². The summed E-state index contributed by atoms with van der Waals surface area (Å²) in [5.74, 6) is 1.04. The third kappa shape index (κ3) is 1.19.